The molecular weight excluding hydrogens is 488 g/mol. The molecule has 9 heteroatoms. The number of ketones is 1. The number of hydrogen-bond donors (Lipinski definition) is 2. The van der Waals surface area contributed by atoms with E-state index in [2.05, 4.69) is 5.32 Å². The number of methoxy groups -OCH3 is 2. The molecular formula is C29H34N2O7. The van der Waals surface area contributed by atoms with Crippen molar-refractivity contribution in [2.75, 3.05) is 26.1 Å². The first kappa shape index (κ1) is 28.3. The van der Waals surface area contributed by atoms with Crippen LogP contribution >= 0.6 is 0 Å². The molecule has 0 unspecified atom stereocenters. The first-order valence-electron chi connectivity index (χ1n) is 12.1. The number of carbonyl (C=O) groups is 3. The highest BCUT2D eigenvalue weighted by Crippen LogP contribution is 2.40. The Morgan fingerprint density at radius 3 is 2.34 bits per heavy atom. The Balaban J connectivity index is 1.85. The molecule has 1 aliphatic rings. The summed E-state index contributed by atoms with van der Waals surface area (Å²) in [7, 11) is 3.03. The molecule has 0 fully saturated rings. The Morgan fingerprint density at radius 1 is 1.08 bits per heavy atom. The van der Waals surface area contributed by atoms with Crippen molar-refractivity contribution in [2.24, 2.45) is 0 Å². The highest BCUT2D eigenvalue weighted by molar-refractivity contribution is 6.09. The lowest BCUT2D eigenvalue weighted by atomic mass is 9.97. The number of ether oxygens (including phenoxy) is 3. The summed E-state index contributed by atoms with van der Waals surface area (Å²) in [6.07, 6.45) is 5.65. The first-order chi connectivity index (χ1) is 17.8. The smallest absolute Gasteiger partial charge is 0.408 e. The fraction of sp³-hybridized carbons (Fsp3) is 0.345. The van der Waals surface area contributed by atoms with Crippen LogP contribution in [-0.4, -0.2) is 59.7 Å². The van der Waals surface area contributed by atoms with E-state index in [0.717, 1.165) is 4.90 Å². The molecule has 0 aromatic heterocycles. The third kappa shape index (κ3) is 6.53. The monoisotopic (exact) mass is 522 g/mol. The molecule has 2 amide bonds. The average Bonchev–Trinajstić information content (AvgIpc) is 2.83. The third-order valence-electron chi connectivity index (χ3n) is 5.93. The van der Waals surface area contributed by atoms with Crippen molar-refractivity contribution in [2.45, 2.75) is 45.8 Å². The summed E-state index contributed by atoms with van der Waals surface area (Å²) in [6.45, 7) is 8.58. The van der Waals surface area contributed by atoms with Crippen molar-refractivity contribution >= 4 is 35.6 Å². The molecule has 1 aliphatic heterocycles. The molecule has 0 spiro atoms. The molecule has 38 heavy (non-hydrogen) atoms. The van der Waals surface area contributed by atoms with Gasteiger partial charge in [-0.3, -0.25) is 14.5 Å². The molecule has 0 radical (unpaired) electrons. The van der Waals surface area contributed by atoms with Gasteiger partial charge in [0.15, 0.2) is 5.78 Å². The van der Waals surface area contributed by atoms with Crippen molar-refractivity contribution in [1.82, 2.24) is 4.90 Å². The Kier molecular flexibility index (Phi) is 8.19. The fourth-order valence-corrected chi connectivity index (χ4v) is 3.92. The standard InChI is InChI=1S/C29H34N2O7/c1-28(2,3)31(27(34)35)17-25(33)30-21-16-18(9-12-24(21)37-7)8-11-22(32)19-10-13-23(36-6)20-14-15-29(4,5)38-26(19)20/h8-16H,17H2,1-7H3,(H,30,33)(H,34,35)/b11-8+. The second kappa shape index (κ2) is 11.0. The first-order valence-corrected chi connectivity index (χ1v) is 12.1. The van der Waals surface area contributed by atoms with E-state index in [9.17, 15) is 19.5 Å². The maximum absolute atomic E-state index is 13.2. The minimum Gasteiger partial charge on any atom is -0.496 e. The molecule has 2 aromatic rings. The number of hydrogen-bond acceptors (Lipinski definition) is 6. The van der Waals surface area contributed by atoms with Gasteiger partial charge in [0, 0.05) is 5.54 Å². The maximum atomic E-state index is 13.2. The topological polar surface area (TPSA) is 114 Å². The Labute approximate surface area is 222 Å². The van der Waals surface area contributed by atoms with Gasteiger partial charge in [-0.25, -0.2) is 4.79 Å². The molecule has 0 saturated heterocycles. The van der Waals surface area contributed by atoms with Crippen LogP contribution < -0.4 is 19.5 Å². The zero-order valence-corrected chi connectivity index (χ0v) is 22.7. The number of rotatable bonds is 8. The van der Waals surface area contributed by atoms with Gasteiger partial charge in [-0.1, -0.05) is 12.1 Å². The van der Waals surface area contributed by atoms with Crippen molar-refractivity contribution in [3.63, 3.8) is 0 Å². The molecule has 0 atom stereocenters. The number of nitrogens with zero attached hydrogens (tertiary/aromatic N) is 1. The molecule has 0 saturated carbocycles. The van der Waals surface area contributed by atoms with Crippen LogP contribution in [0.15, 0.2) is 42.5 Å². The quantitative estimate of drug-likeness (QED) is 0.347. The summed E-state index contributed by atoms with van der Waals surface area (Å²) in [5, 5.41) is 12.2. The lowest BCUT2D eigenvalue weighted by Crippen LogP contribution is -2.48. The van der Waals surface area contributed by atoms with Crippen LogP contribution in [0.1, 0.15) is 56.1 Å². The highest BCUT2D eigenvalue weighted by Gasteiger charge is 2.29. The van der Waals surface area contributed by atoms with Gasteiger partial charge < -0.3 is 24.6 Å². The summed E-state index contributed by atoms with van der Waals surface area (Å²) in [5.74, 6) is 0.673. The third-order valence-corrected chi connectivity index (χ3v) is 5.93. The van der Waals surface area contributed by atoms with Crippen LogP contribution in [0, 0.1) is 0 Å². The lowest BCUT2D eigenvalue weighted by molar-refractivity contribution is -0.118. The van der Waals surface area contributed by atoms with Crippen LogP contribution in [0.5, 0.6) is 17.2 Å². The minimum absolute atomic E-state index is 0.265. The van der Waals surface area contributed by atoms with Gasteiger partial charge in [-0.15, -0.1) is 0 Å². The van der Waals surface area contributed by atoms with E-state index in [1.54, 1.807) is 64.3 Å². The summed E-state index contributed by atoms with van der Waals surface area (Å²) in [4.78, 5) is 38.5. The van der Waals surface area contributed by atoms with Crippen molar-refractivity contribution < 1.29 is 33.7 Å². The fourth-order valence-electron chi connectivity index (χ4n) is 3.92. The number of carbonyl (C=O) groups excluding carboxylic acids is 2. The molecule has 0 aliphatic carbocycles. The largest absolute Gasteiger partial charge is 0.496 e. The molecule has 202 valence electrons. The molecule has 3 rings (SSSR count). The van der Waals surface area contributed by atoms with E-state index in [-0.39, 0.29) is 12.3 Å². The number of nitrogens with one attached hydrogen (secondary N) is 1. The van der Waals surface area contributed by atoms with Gasteiger partial charge >= 0.3 is 6.09 Å². The Morgan fingerprint density at radius 2 is 1.74 bits per heavy atom. The molecule has 2 aromatic carbocycles. The zero-order valence-electron chi connectivity index (χ0n) is 22.7. The number of carboxylic acid groups (broad SMARTS) is 1. The van der Waals surface area contributed by atoms with Gasteiger partial charge in [0.25, 0.3) is 0 Å². The van der Waals surface area contributed by atoms with Gasteiger partial charge in [-0.2, -0.15) is 0 Å². The van der Waals surface area contributed by atoms with Crippen LogP contribution in [-0.2, 0) is 4.79 Å². The van der Waals surface area contributed by atoms with Gasteiger partial charge in [-0.05, 0) is 82.7 Å². The number of fused-ring (bicyclic) bond motifs is 1. The number of allylic oxidation sites excluding steroid dienone is 1. The van der Waals surface area contributed by atoms with E-state index >= 15 is 0 Å². The van der Waals surface area contributed by atoms with Crippen LogP contribution in [0.4, 0.5) is 10.5 Å². The normalized spacial score (nSPS) is 13.9. The van der Waals surface area contributed by atoms with Crippen LogP contribution in [0.25, 0.3) is 12.2 Å². The van der Waals surface area contributed by atoms with E-state index < -0.39 is 23.1 Å². The van der Waals surface area contributed by atoms with Crippen molar-refractivity contribution in [1.29, 1.82) is 0 Å². The highest BCUT2D eigenvalue weighted by atomic mass is 16.5. The van der Waals surface area contributed by atoms with Crippen molar-refractivity contribution in [3.8, 4) is 17.2 Å². The van der Waals surface area contributed by atoms with Crippen LogP contribution in [0.3, 0.4) is 0 Å². The second-order valence-electron chi connectivity index (χ2n) is 10.3. The summed E-state index contributed by atoms with van der Waals surface area (Å²) in [6, 6.07) is 8.44. The molecule has 9 nitrogen and oxygen atoms in total. The lowest BCUT2D eigenvalue weighted by Gasteiger charge is -2.32. The van der Waals surface area contributed by atoms with Gasteiger partial charge in [0.2, 0.25) is 5.91 Å². The number of amides is 2. The second-order valence-corrected chi connectivity index (χ2v) is 10.3. The number of anilines is 1. The SMILES string of the molecule is COc1ccc(/C=C/C(=O)c2ccc(OC)c3c2OC(C)(C)C=C3)cc1NC(=O)CN(C(=O)O)C(C)(C)C. The van der Waals surface area contributed by atoms with E-state index in [0.29, 0.717) is 39.6 Å². The summed E-state index contributed by atoms with van der Waals surface area (Å²) in [5.41, 5.74) is 0.740. The number of benzene rings is 2. The average molecular weight is 523 g/mol. The van der Waals surface area contributed by atoms with E-state index in [1.165, 1.54) is 13.2 Å². The molecule has 1 heterocycles. The van der Waals surface area contributed by atoms with E-state index in [4.69, 9.17) is 14.2 Å². The molecule has 2 N–H and O–H groups in total. The predicted molar refractivity (Wildman–Crippen MR) is 146 cm³/mol. The summed E-state index contributed by atoms with van der Waals surface area (Å²) >= 11 is 0. The van der Waals surface area contributed by atoms with Gasteiger partial charge in [0.05, 0.1) is 31.0 Å². The molecule has 0 bridgehead atoms. The minimum atomic E-state index is -1.20. The van der Waals surface area contributed by atoms with E-state index in [1.807, 2.05) is 26.0 Å². The Bertz CT molecular complexity index is 1300. The maximum Gasteiger partial charge on any atom is 0.408 e. The Hall–Kier alpha value is -4.27. The summed E-state index contributed by atoms with van der Waals surface area (Å²) < 4.78 is 16.9. The predicted octanol–water partition coefficient (Wildman–Crippen LogP) is 5.50. The zero-order chi connectivity index (χ0) is 28.3. The van der Waals surface area contributed by atoms with Crippen LogP contribution in [0.2, 0.25) is 0 Å². The van der Waals surface area contributed by atoms with Gasteiger partial charge in [0.1, 0.15) is 29.4 Å². The van der Waals surface area contributed by atoms with Crippen molar-refractivity contribution in [3.05, 3.63) is 59.2 Å².